The predicted molar refractivity (Wildman–Crippen MR) is 93.9 cm³/mol. The van der Waals surface area contributed by atoms with Gasteiger partial charge in [-0.3, -0.25) is 4.79 Å². The molecule has 4 heteroatoms. The van der Waals surface area contributed by atoms with Gasteiger partial charge in [0, 0.05) is 5.92 Å². The summed E-state index contributed by atoms with van der Waals surface area (Å²) < 4.78 is 11.8. The van der Waals surface area contributed by atoms with Crippen molar-refractivity contribution in [3.8, 4) is 0 Å². The first-order chi connectivity index (χ1) is 11.2. The van der Waals surface area contributed by atoms with Crippen molar-refractivity contribution in [2.75, 3.05) is 7.11 Å². The normalized spacial score (nSPS) is 27.7. The SMILES string of the molecule is COC(=O)C(C)[Si]1(O[C@@H]2CCCC[C@H]2c2ccccc2)CCC1. The van der Waals surface area contributed by atoms with Crippen LogP contribution in [0.15, 0.2) is 30.3 Å². The van der Waals surface area contributed by atoms with Crippen LogP contribution in [0.5, 0.6) is 0 Å². The van der Waals surface area contributed by atoms with Crippen molar-refractivity contribution < 1.29 is 14.0 Å². The summed E-state index contributed by atoms with van der Waals surface area (Å²) in [6.45, 7) is 2.03. The summed E-state index contributed by atoms with van der Waals surface area (Å²) >= 11 is 0. The number of carbonyl (C=O) groups is 1. The van der Waals surface area contributed by atoms with Gasteiger partial charge in [0.05, 0.1) is 18.8 Å². The van der Waals surface area contributed by atoms with Crippen LogP contribution in [0.3, 0.4) is 0 Å². The minimum atomic E-state index is -1.97. The molecule has 126 valence electrons. The molecule has 0 spiro atoms. The third-order valence-electron chi connectivity index (χ3n) is 5.86. The fourth-order valence-corrected chi connectivity index (χ4v) is 7.98. The van der Waals surface area contributed by atoms with Gasteiger partial charge in [0.2, 0.25) is 8.32 Å². The number of hydrogen-bond donors (Lipinski definition) is 0. The third kappa shape index (κ3) is 3.38. The van der Waals surface area contributed by atoms with E-state index in [1.165, 1.54) is 38.4 Å². The average molecular weight is 333 g/mol. The first-order valence-electron chi connectivity index (χ1n) is 8.97. The molecule has 1 aliphatic carbocycles. The first-order valence-corrected chi connectivity index (χ1v) is 11.4. The van der Waals surface area contributed by atoms with E-state index in [9.17, 15) is 4.79 Å². The molecule has 1 aliphatic heterocycles. The zero-order chi connectivity index (χ0) is 16.3. The topological polar surface area (TPSA) is 35.5 Å². The second-order valence-electron chi connectivity index (χ2n) is 7.12. The van der Waals surface area contributed by atoms with Gasteiger partial charge in [-0.05, 0) is 30.5 Å². The molecule has 0 amide bonds. The molecular weight excluding hydrogens is 304 g/mol. The van der Waals surface area contributed by atoms with E-state index in [4.69, 9.17) is 9.16 Å². The molecule has 0 aromatic heterocycles. The molecule has 2 aliphatic rings. The number of carbonyl (C=O) groups excluding carboxylic acids is 1. The molecule has 0 radical (unpaired) electrons. The third-order valence-corrected chi connectivity index (χ3v) is 10.8. The van der Waals surface area contributed by atoms with Gasteiger partial charge >= 0.3 is 5.97 Å². The van der Waals surface area contributed by atoms with Gasteiger partial charge in [0.1, 0.15) is 0 Å². The number of ether oxygens (including phenoxy) is 1. The fraction of sp³-hybridized carbons (Fsp3) is 0.632. The summed E-state index contributed by atoms with van der Waals surface area (Å²) in [5, 5.41) is 0. The van der Waals surface area contributed by atoms with Gasteiger partial charge < -0.3 is 9.16 Å². The summed E-state index contributed by atoms with van der Waals surface area (Å²) in [5.41, 5.74) is 1.35. The van der Waals surface area contributed by atoms with E-state index in [1.54, 1.807) is 0 Å². The molecule has 0 bridgehead atoms. The van der Waals surface area contributed by atoms with Gasteiger partial charge in [-0.25, -0.2) is 0 Å². The Hall–Kier alpha value is -1.13. The molecule has 0 N–H and O–H groups in total. The number of benzene rings is 1. The van der Waals surface area contributed by atoms with Crippen LogP contribution in [-0.4, -0.2) is 27.5 Å². The molecular formula is C19H28O3Si. The van der Waals surface area contributed by atoms with Gasteiger partial charge in [-0.2, -0.15) is 0 Å². The molecule has 3 nitrogen and oxygen atoms in total. The molecule has 3 atom stereocenters. The van der Waals surface area contributed by atoms with Gasteiger partial charge in [0.25, 0.3) is 0 Å². The second kappa shape index (κ2) is 7.18. The van der Waals surface area contributed by atoms with E-state index in [1.807, 2.05) is 6.92 Å². The van der Waals surface area contributed by atoms with Crippen molar-refractivity contribution in [1.82, 2.24) is 0 Å². The minimum absolute atomic E-state index is 0.0420. The lowest BCUT2D eigenvalue weighted by Crippen LogP contribution is -2.54. The van der Waals surface area contributed by atoms with E-state index in [2.05, 4.69) is 30.3 Å². The van der Waals surface area contributed by atoms with Gasteiger partial charge in [-0.1, -0.05) is 56.5 Å². The van der Waals surface area contributed by atoms with Crippen LogP contribution in [-0.2, 0) is 14.0 Å². The van der Waals surface area contributed by atoms with Crippen molar-refractivity contribution >= 4 is 14.3 Å². The lowest BCUT2D eigenvalue weighted by atomic mass is 9.82. The highest BCUT2D eigenvalue weighted by atomic mass is 28.4. The molecule has 2 fully saturated rings. The zero-order valence-electron chi connectivity index (χ0n) is 14.3. The Balaban J connectivity index is 1.77. The van der Waals surface area contributed by atoms with Crippen molar-refractivity contribution in [3.63, 3.8) is 0 Å². The van der Waals surface area contributed by atoms with E-state index < -0.39 is 8.32 Å². The largest absolute Gasteiger partial charge is 0.469 e. The van der Waals surface area contributed by atoms with Crippen LogP contribution in [0.2, 0.25) is 17.6 Å². The maximum Gasteiger partial charge on any atom is 0.307 e. The summed E-state index contributed by atoms with van der Waals surface area (Å²) in [7, 11) is -0.474. The summed E-state index contributed by atoms with van der Waals surface area (Å²) in [6, 6.07) is 13.0. The minimum Gasteiger partial charge on any atom is -0.469 e. The Morgan fingerprint density at radius 2 is 1.83 bits per heavy atom. The standard InChI is InChI=1S/C19H28O3Si/c1-15(19(20)21-2)23(13-8-14-23)22-18-12-7-6-11-17(18)16-9-4-3-5-10-16/h3-5,9-10,15,17-18H,6-8,11-14H2,1-2H3/t15?,17-,18+/m0/s1. The van der Waals surface area contributed by atoms with Crippen molar-refractivity contribution in [2.45, 2.75) is 68.7 Å². The fourth-order valence-electron chi connectivity index (χ4n) is 4.19. The van der Waals surface area contributed by atoms with Crippen molar-refractivity contribution in [1.29, 1.82) is 0 Å². The average Bonchev–Trinajstić information content (AvgIpc) is 2.58. The molecule has 1 aromatic carbocycles. The lowest BCUT2D eigenvalue weighted by molar-refractivity contribution is -0.140. The van der Waals surface area contributed by atoms with Crippen LogP contribution in [0, 0.1) is 0 Å². The van der Waals surface area contributed by atoms with Crippen LogP contribution < -0.4 is 0 Å². The van der Waals surface area contributed by atoms with Gasteiger partial charge in [-0.15, -0.1) is 0 Å². The summed E-state index contributed by atoms with van der Waals surface area (Å²) in [5.74, 6) is 0.406. The van der Waals surface area contributed by atoms with Crippen LogP contribution >= 0.6 is 0 Å². The highest BCUT2D eigenvalue weighted by molar-refractivity contribution is 6.80. The molecule has 3 rings (SSSR count). The van der Waals surface area contributed by atoms with E-state index >= 15 is 0 Å². The van der Waals surface area contributed by atoms with Crippen molar-refractivity contribution in [3.05, 3.63) is 35.9 Å². The Labute approximate surface area is 140 Å². The Morgan fingerprint density at radius 3 is 2.43 bits per heavy atom. The van der Waals surface area contributed by atoms with E-state index in [0.29, 0.717) is 5.92 Å². The van der Waals surface area contributed by atoms with Crippen molar-refractivity contribution in [2.24, 2.45) is 0 Å². The zero-order valence-corrected chi connectivity index (χ0v) is 15.3. The first kappa shape index (κ1) is 16.7. The maximum atomic E-state index is 12.1. The molecule has 1 heterocycles. The highest BCUT2D eigenvalue weighted by Crippen LogP contribution is 2.47. The Morgan fingerprint density at radius 1 is 1.13 bits per heavy atom. The molecule has 23 heavy (non-hydrogen) atoms. The molecule has 1 saturated carbocycles. The van der Waals surface area contributed by atoms with Crippen LogP contribution in [0.1, 0.15) is 50.5 Å². The summed E-state index contributed by atoms with van der Waals surface area (Å²) in [6.07, 6.45) is 6.33. The molecule has 1 unspecified atom stereocenters. The number of rotatable bonds is 5. The predicted octanol–water partition coefficient (Wildman–Crippen LogP) is 4.64. The molecule has 1 saturated heterocycles. The van der Waals surface area contributed by atoms with E-state index in [-0.39, 0.29) is 17.6 Å². The maximum absolute atomic E-state index is 12.1. The Bertz CT molecular complexity index is 527. The number of esters is 1. The van der Waals surface area contributed by atoms with E-state index in [0.717, 1.165) is 18.5 Å². The smallest absolute Gasteiger partial charge is 0.307 e. The number of hydrogen-bond acceptors (Lipinski definition) is 3. The van der Waals surface area contributed by atoms with Gasteiger partial charge in [0.15, 0.2) is 0 Å². The lowest BCUT2D eigenvalue weighted by Gasteiger charge is -2.47. The number of methoxy groups -OCH3 is 1. The quantitative estimate of drug-likeness (QED) is 0.582. The molecule has 1 aromatic rings. The highest BCUT2D eigenvalue weighted by Gasteiger charge is 2.52. The monoisotopic (exact) mass is 332 g/mol. The summed E-state index contributed by atoms with van der Waals surface area (Å²) in [4.78, 5) is 12.1. The van der Waals surface area contributed by atoms with Crippen LogP contribution in [0.25, 0.3) is 0 Å². The second-order valence-corrected chi connectivity index (χ2v) is 11.4. The Kier molecular flexibility index (Phi) is 5.22. The van der Waals surface area contributed by atoms with Crippen LogP contribution in [0.4, 0.5) is 0 Å².